The first kappa shape index (κ1) is 14.6. The molecule has 1 amide bonds. The maximum atomic E-state index is 11.8. The van der Waals surface area contributed by atoms with Gasteiger partial charge in [0.15, 0.2) is 0 Å². The number of para-hydroxylation sites is 1. The fourth-order valence-electron chi connectivity index (χ4n) is 1.43. The number of nitrogen functional groups attached to an aromatic ring is 1. The SMILES string of the molecule is CC(C)CNC(=O)C(C)Nc1c(N)cccc1Cl. The molecule has 5 heteroatoms. The number of anilines is 2. The molecule has 0 aliphatic carbocycles. The first-order valence-corrected chi connectivity index (χ1v) is 6.37. The fourth-order valence-corrected chi connectivity index (χ4v) is 1.67. The van der Waals surface area contributed by atoms with Gasteiger partial charge >= 0.3 is 0 Å². The van der Waals surface area contributed by atoms with Crippen LogP contribution in [0, 0.1) is 5.92 Å². The molecule has 0 fully saturated rings. The summed E-state index contributed by atoms with van der Waals surface area (Å²) in [5.74, 6) is 0.356. The maximum Gasteiger partial charge on any atom is 0.242 e. The van der Waals surface area contributed by atoms with Crippen LogP contribution in [0.25, 0.3) is 0 Å². The molecule has 0 bridgehead atoms. The van der Waals surface area contributed by atoms with E-state index >= 15 is 0 Å². The smallest absolute Gasteiger partial charge is 0.242 e. The zero-order chi connectivity index (χ0) is 13.7. The van der Waals surface area contributed by atoms with Crippen molar-refractivity contribution in [2.24, 2.45) is 5.92 Å². The molecule has 4 nitrogen and oxygen atoms in total. The Kier molecular flexibility index (Phi) is 5.28. The van der Waals surface area contributed by atoms with E-state index in [1.807, 2.05) is 13.8 Å². The maximum absolute atomic E-state index is 11.8. The minimum atomic E-state index is -0.383. The Bertz CT molecular complexity index is 400. The van der Waals surface area contributed by atoms with E-state index in [1.54, 1.807) is 25.1 Å². The fraction of sp³-hybridized carbons (Fsp3) is 0.462. The predicted molar refractivity (Wildman–Crippen MR) is 76.8 cm³/mol. The van der Waals surface area contributed by atoms with Crippen molar-refractivity contribution in [1.29, 1.82) is 0 Å². The van der Waals surface area contributed by atoms with Crippen LogP contribution in [-0.2, 0) is 4.79 Å². The Morgan fingerprint density at radius 2 is 2.06 bits per heavy atom. The summed E-state index contributed by atoms with van der Waals surface area (Å²) >= 11 is 6.03. The molecule has 4 N–H and O–H groups in total. The van der Waals surface area contributed by atoms with Gasteiger partial charge in [0.25, 0.3) is 0 Å². The number of halogens is 1. The van der Waals surface area contributed by atoms with Crippen LogP contribution < -0.4 is 16.4 Å². The van der Waals surface area contributed by atoms with Crippen LogP contribution in [0.3, 0.4) is 0 Å². The number of hydrogen-bond acceptors (Lipinski definition) is 3. The lowest BCUT2D eigenvalue weighted by Crippen LogP contribution is -2.39. The van der Waals surface area contributed by atoms with Crippen LogP contribution in [0.4, 0.5) is 11.4 Å². The van der Waals surface area contributed by atoms with E-state index in [1.165, 1.54) is 0 Å². The molecule has 0 radical (unpaired) electrons. The van der Waals surface area contributed by atoms with Gasteiger partial charge in [0.1, 0.15) is 6.04 Å². The summed E-state index contributed by atoms with van der Waals surface area (Å²) in [5, 5.41) is 6.40. The third-order valence-corrected chi connectivity index (χ3v) is 2.80. The Hall–Kier alpha value is -1.42. The number of carbonyl (C=O) groups is 1. The Labute approximate surface area is 113 Å². The number of amides is 1. The summed E-state index contributed by atoms with van der Waals surface area (Å²) in [6.45, 7) is 6.52. The second kappa shape index (κ2) is 6.50. The van der Waals surface area contributed by atoms with E-state index in [2.05, 4.69) is 10.6 Å². The van der Waals surface area contributed by atoms with Crippen LogP contribution in [0.15, 0.2) is 18.2 Å². The molecule has 0 saturated carbocycles. The second-order valence-electron chi connectivity index (χ2n) is 4.71. The van der Waals surface area contributed by atoms with Crippen molar-refractivity contribution in [3.63, 3.8) is 0 Å². The molecule has 1 rings (SSSR count). The van der Waals surface area contributed by atoms with Crippen molar-refractivity contribution in [1.82, 2.24) is 5.32 Å². The van der Waals surface area contributed by atoms with E-state index < -0.39 is 0 Å². The second-order valence-corrected chi connectivity index (χ2v) is 5.12. The molecule has 18 heavy (non-hydrogen) atoms. The van der Waals surface area contributed by atoms with E-state index in [9.17, 15) is 4.79 Å². The lowest BCUT2D eigenvalue weighted by atomic mass is 10.2. The highest BCUT2D eigenvalue weighted by molar-refractivity contribution is 6.34. The van der Waals surface area contributed by atoms with Crippen LogP contribution >= 0.6 is 11.6 Å². The first-order chi connectivity index (χ1) is 8.41. The summed E-state index contributed by atoms with van der Waals surface area (Å²) in [5.41, 5.74) is 6.95. The molecule has 0 heterocycles. The number of rotatable bonds is 5. The molecular weight excluding hydrogens is 250 g/mol. The van der Waals surface area contributed by atoms with Crippen LogP contribution in [0.5, 0.6) is 0 Å². The molecule has 100 valence electrons. The molecule has 0 spiro atoms. The van der Waals surface area contributed by atoms with Gasteiger partial charge in [0, 0.05) is 6.54 Å². The zero-order valence-corrected chi connectivity index (χ0v) is 11.7. The standard InChI is InChI=1S/C13H20ClN3O/c1-8(2)7-16-13(18)9(3)17-12-10(14)5-4-6-11(12)15/h4-6,8-9,17H,7,15H2,1-3H3,(H,16,18). The average Bonchev–Trinajstić information content (AvgIpc) is 2.30. The normalized spacial score (nSPS) is 12.3. The molecule has 1 aromatic rings. The molecule has 0 aliphatic rings. The topological polar surface area (TPSA) is 67.2 Å². The van der Waals surface area contributed by atoms with Gasteiger partial charge in [-0.25, -0.2) is 0 Å². The van der Waals surface area contributed by atoms with Gasteiger partial charge in [-0.1, -0.05) is 31.5 Å². The molecule has 0 aliphatic heterocycles. The van der Waals surface area contributed by atoms with Crippen molar-refractivity contribution in [3.05, 3.63) is 23.2 Å². The highest BCUT2D eigenvalue weighted by atomic mass is 35.5. The van der Waals surface area contributed by atoms with E-state index in [4.69, 9.17) is 17.3 Å². The molecule has 0 aromatic heterocycles. The zero-order valence-electron chi connectivity index (χ0n) is 11.0. The third-order valence-electron chi connectivity index (χ3n) is 2.48. The van der Waals surface area contributed by atoms with Crippen LogP contribution in [0.2, 0.25) is 5.02 Å². The predicted octanol–water partition coefficient (Wildman–Crippen LogP) is 2.49. The molecule has 0 saturated heterocycles. The van der Waals surface area contributed by atoms with Crippen molar-refractivity contribution >= 4 is 28.9 Å². The van der Waals surface area contributed by atoms with Gasteiger partial charge in [-0.05, 0) is 25.0 Å². The summed E-state index contributed by atoms with van der Waals surface area (Å²) in [7, 11) is 0. The van der Waals surface area contributed by atoms with Gasteiger partial charge < -0.3 is 16.4 Å². The first-order valence-electron chi connectivity index (χ1n) is 6.00. The van der Waals surface area contributed by atoms with Crippen molar-refractivity contribution in [2.45, 2.75) is 26.8 Å². The lowest BCUT2D eigenvalue weighted by molar-refractivity contribution is -0.121. The summed E-state index contributed by atoms with van der Waals surface area (Å²) in [6, 6.07) is 4.86. The monoisotopic (exact) mass is 269 g/mol. The Balaban J connectivity index is 2.64. The van der Waals surface area contributed by atoms with E-state index in [-0.39, 0.29) is 11.9 Å². The highest BCUT2D eigenvalue weighted by Gasteiger charge is 2.15. The van der Waals surface area contributed by atoms with Gasteiger partial charge in [-0.2, -0.15) is 0 Å². The van der Waals surface area contributed by atoms with Crippen molar-refractivity contribution in [3.8, 4) is 0 Å². The number of benzene rings is 1. The quantitative estimate of drug-likeness (QED) is 0.720. The van der Waals surface area contributed by atoms with Gasteiger partial charge in [0.2, 0.25) is 5.91 Å². The average molecular weight is 270 g/mol. The Morgan fingerprint density at radius 3 is 2.61 bits per heavy atom. The summed E-state index contributed by atoms with van der Waals surface area (Å²) in [6.07, 6.45) is 0. The molecule has 1 aromatic carbocycles. The summed E-state index contributed by atoms with van der Waals surface area (Å²) in [4.78, 5) is 11.8. The number of nitrogens with one attached hydrogen (secondary N) is 2. The van der Waals surface area contributed by atoms with Crippen molar-refractivity contribution < 1.29 is 4.79 Å². The Morgan fingerprint density at radius 1 is 1.39 bits per heavy atom. The number of hydrogen-bond donors (Lipinski definition) is 3. The molecular formula is C13H20ClN3O. The highest BCUT2D eigenvalue weighted by Crippen LogP contribution is 2.28. The minimum Gasteiger partial charge on any atom is -0.397 e. The van der Waals surface area contributed by atoms with E-state index in [0.29, 0.717) is 28.9 Å². The van der Waals surface area contributed by atoms with E-state index in [0.717, 1.165) is 0 Å². The van der Waals surface area contributed by atoms with Gasteiger partial charge in [-0.3, -0.25) is 4.79 Å². The van der Waals surface area contributed by atoms with Crippen LogP contribution in [-0.4, -0.2) is 18.5 Å². The minimum absolute atomic E-state index is 0.0666. The largest absolute Gasteiger partial charge is 0.397 e. The number of carbonyl (C=O) groups excluding carboxylic acids is 1. The number of nitrogens with two attached hydrogens (primary N) is 1. The summed E-state index contributed by atoms with van der Waals surface area (Å²) < 4.78 is 0. The van der Waals surface area contributed by atoms with Gasteiger partial charge in [0.05, 0.1) is 16.4 Å². The van der Waals surface area contributed by atoms with Crippen LogP contribution in [0.1, 0.15) is 20.8 Å². The van der Waals surface area contributed by atoms with Gasteiger partial charge in [-0.15, -0.1) is 0 Å². The molecule has 1 unspecified atom stereocenters. The lowest BCUT2D eigenvalue weighted by Gasteiger charge is -2.18. The van der Waals surface area contributed by atoms with Crippen molar-refractivity contribution in [2.75, 3.05) is 17.6 Å². The molecule has 1 atom stereocenters. The third kappa shape index (κ3) is 4.11.